The summed E-state index contributed by atoms with van der Waals surface area (Å²) in [6.45, 7) is 6.85. The maximum Gasteiger partial charge on any atom is 1.00 e. The third-order valence-electron chi connectivity index (χ3n) is 4.49. The fourth-order valence-electron chi connectivity index (χ4n) is 2.89. The first kappa shape index (κ1) is 24.8. The summed E-state index contributed by atoms with van der Waals surface area (Å²) in [4.78, 5) is 22.7. The summed E-state index contributed by atoms with van der Waals surface area (Å²) < 4.78 is -0.185. The van der Waals surface area contributed by atoms with Crippen molar-refractivity contribution >= 4 is 11.9 Å². The van der Waals surface area contributed by atoms with Crippen molar-refractivity contribution in [3.63, 3.8) is 0 Å². The molecule has 0 aromatic rings. The number of rotatable bonds is 13. The molecule has 0 heterocycles. The molecule has 0 aliphatic carbocycles. The summed E-state index contributed by atoms with van der Waals surface area (Å²) in [5, 5.41) is 29.9. The summed E-state index contributed by atoms with van der Waals surface area (Å²) in [6, 6.07) is -1.89. The van der Waals surface area contributed by atoms with Gasteiger partial charge in [0.05, 0.1) is 19.1 Å². The Kier molecular flexibility index (Phi) is 14.0. The topological polar surface area (TPSA) is 97.7 Å². The smallest absolute Gasteiger partial charge is 0.544 e. The predicted octanol–water partition coefficient (Wildman–Crippen LogP) is -2.45. The van der Waals surface area contributed by atoms with Crippen LogP contribution in [0.2, 0.25) is 0 Å². The normalized spacial score (nSPS) is 15.8. The average Bonchev–Trinajstić information content (AvgIpc) is 2.47. The molecule has 0 aromatic heterocycles. The molecule has 7 heteroatoms. The number of hydrogen-bond acceptors (Lipinski definition) is 4. The van der Waals surface area contributed by atoms with Crippen LogP contribution in [-0.2, 0) is 9.59 Å². The standard InChI is InChI=1S/C16H29NO5.Na/c1-4-5-6-7-8-9-10-17(11-12-18,13(2)15(19)20)14(3)16(21)22;/h4,13-14,18H,1,5-12H2,2-3H3,(H-,19,20,21,22);/q;+1. The van der Waals surface area contributed by atoms with Crippen LogP contribution in [0, 0.1) is 0 Å². The number of aliphatic hydroxyl groups is 1. The van der Waals surface area contributed by atoms with Crippen molar-refractivity contribution in [1.29, 1.82) is 0 Å². The van der Waals surface area contributed by atoms with E-state index in [2.05, 4.69) is 6.58 Å². The fraction of sp³-hybridized carbons (Fsp3) is 0.750. The monoisotopic (exact) mass is 338 g/mol. The zero-order chi connectivity index (χ0) is 17.2. The molecule has 3 atom stereocenters. The molecule has 0 saturated carbocycles. The van der Waals surface area contributed by atoms with Crippen molar-refractivity contribution in [3.05, 3.63) is 12.7 Å². The van der Waals surface area contributed by atoms with E-state index in [1.54, 1.807) is 0 Å². The van der Waals surface area contributed by atoms with E-state index in [1.807, 2.05) is 6.08 Å². The second-order valence-corrected chi connectivity index (χ2v) is 5.77. The van der Waals surface area contributed by atoms with Gasteiger partial charge < -0.3 is 24.6 Å². The second kappa shape index (κ2) is 13.0. The molecule has 0 bridgehead atoms. The van der Waals surface area contributed by atoms with Gasteiger partial charge in [0.2, 0.25) is 0 Å². The molecular formula is C16H29NNaO5+. The van der Waals surface area contributed by atoms with Gasteiger partial charge in [-0.1, -0.05) is 12.5 Å². The minimum atomic E-state index is -1.28. The number of nitrogens with zero attached hydrogens (tertiary/aromatic N) is 1. The van der Waals surface area contributed by atoms with E-state index in [4.69, 9.17) is 0 Å². The molecule has 0 fully saturated rings. The third kappa shape index (κ3) is 7.81. The van der Waals surface area contributed by atoms with Crippen molar-refractivity contribution < 1.29 is 58.9 Å². The second-order valence-electron chi connectivity index (χ2n) is 5.77. The van der Waals surface area contributed by atoms with Crippen LogP contribution in [0.15, 0.2) is 12.7 Å². The molecule has 0 rings (SSSR count). The molecule has 0 aromatic carbocycles. The van der Waals surface area contributed by atoms with Gasteiger partial charge in [-0.15, -0.1) is 6.58 Å². The van der Waals surface area contributed by atoms with Crippen LogP contribution < -0.4 is 34.7 Å². The largest absolute Gasteiger partial charge is 1.00 e. The molecule has 0 aliphatic heterocycles. The van der Waals surface area contributed by atoms with Crippen LogP contribution in [0.25, 0.3) is 0 Å². The van der Waals surface area contributed by atoms with Gasteiger partial charge in [-0.3, -0.25) is 0 Å². The van der Waals surface area contributed by atoms with E-state index in [0.29, 0.717) is 13.0 Å². The maximum absolute atomic E-state index is 11.4. The van der Waals surface area contributed by atoms with Gasteiger partial charge in [-0.2, -0.15) is 0 Å². The van der Waals surface area contributed by atoms with Crippen molar-refractivity contribution in [2.45, 2.75) is 58.0 Å². The first-order valence-electron chi connectivity index (χ1n) is 7.85. The van der Waals surface area contributed by atoms with Gasteiger partial charge in [0.1, 0.15) is 12.6 Å². The van der Waals surface area contributed by atoms with E-state index in [-0.39, 0.29) is 47.2 Å². The van der Waals surface area contributed by atoms with E-state index in [1.165, 1.54) is 13.8 Å². The van der Waals surface area contributed by atoms with Gasteiger partial charge in [0.25, 0.3) is 0 Å². The number of aliphatic hydroxyl groups excluding tert-OH is 1. The number of aliphatic carboxylic acids is 2. The maximum atomic E-state index is 11.4. The van der Waals surface area contributed by atoms with Crippen LogP contribution in [0.3, 0.4) is 0 Å². The Morgan fingerprint density at radius 1 is 1.13 bits per heavy atom. The molecular weight excluding hydrogens is 309 g/mol. The van der Waals surface area contributed by atoms with Crippen LogP contribution in [0.4, 0.5) is 0 Å². The van der Waals surface area contributed by atoms with Crippen molar-refractivity contribution in [3.8, 4) is 0 Å². The van der Waals surface area contributed by atoms with Gasteiger partial charge >= 0.3 is 35.5 Å². The quantitative estimate of drug-likeness (QED) is 0.168. The summed E-state index contributed by atoms with van der Waals surface area (Å²) in [5.74, 6) is -2.35. The number of carbonyl (C=O) groups is 2. The van der Waals surface area contributed by atoms with Gasteiger partial charge in [-0.25, -0.2) is 4.79 Å². The minimum Gasteiger partial charge on any atom is -0.544 e. The minimum absolute atomic E-state index is 0. The number of carboxylic acid groups (broad SMARTS) is 2. The van der Waals surface area contributed by atoms with Crippen molar-refractivity contribution in [2.24, 2.45) is 0 Å². The summed E-state index contributed by atoms with van der Waals surface area (Å²) >= 11 is 0. The molecule has 0 radical (unpaired) electrons. The number of carboxylic acids is 2. The summed E-state index contributed by atoms with van der Waals surface area (Å²) in [7, 11) is 0. The zero-order valence-electron chi connectivity index (χ0n) is 14.7. The Bertz CT molecular complexity index is 355. The molecule has 23 heavy (non-hydrogen) atoms. The first-order chi connectivity index (χ1) is 10.3. The fourth-order valence-corrected chi connectivity index (χ4v) is 2.89. The van der Waals surface area contributed by atoms with E-state index < -0.39 is 24.0 Å². The number of quaternary nitrogens is 1. The molecule has 0 spiro atoms. The third-order valence-corrected chi connectivity index (χ3v) is 4.49. The first-order valence-corrected chi connectivity index (χ1v) is 7.85. The Hall–Kier alpha value is -0.400. The van der Waals surface area contributed by atoms with E-state index in [0.717, 1.165) is 25.7 Å². The molecule has 128 valence electrons. The summed E-state index contributed by atoms with van der Waals surface area (Å²) in [6.07, 6.45) is 6.42. The van der Waals surface area contributed by atoms with Crippen LogP contribution in [0.1, 0.15) is 46.0 Å². The average molecular weight is 338 g/mol. The molecule has 3 unspecified atom stereocenters. The Labute approximate surface area is 161 Å². The predicted molar refractivity (Wildman–Crippen MR) is 81.9 cm³/mol. The molecule has 0 amide bonds. The van der Waals surface area contributed by atoms with Gasteiger partial charge in [0, 0.05) is 0 Å². The number of hydrogen-bond donors (Lipinski definition) is 2. The molecule has 0 aliphatic rings. The molecule has 2 N–H and O–H groups in total. The van der Waals surface area contributed by atoms with Gasteiger partial charge in [-0.05, 0) is 39.5 Å². The Morgan fingerprint density at radius 3 is 2.13 bits per heavy atom. The van der Waals surface area contributed by atoms with Crippen LogP contribution >= 0.6 is 0 Å². The van der Waals surface area contributed by atoms with E-state index >= 15 is 0 Å². The van der Waals surface area contributed by atoms with Gasteiger partial charge in [0.15, 0.2) is 6.04 Å². The molecule has 6 nitrogen and oxygen atoms in total. The number of allylic oxidation sites excluding steroid dienone is 1. The summed E-state index contributed by atoms with van der Waals surface area (Å²) in [5.41, 5.74) is 0. The van der Waals surface area contributed by atoms with Crippen LogP contribution in [-0.4, -0.2) is 58.4 Å². The molecule has 0 saturated heterocycles. The van der Waals surface area contributed by atoms with Crippen molar-refractivity contribution in [2.75, 3.05) is 19.7 Å². The SMILES string of the molecule is C=CCCCCCC[N+](CCO)(C(C)C(=O)[O-])C(C)C(=O)O.[Na+]. The van der Waals surface area contributed by atoms with E-state index in [9.17, 15) is 24.9 Å². The zero-order valence-corrected chi connectivity index (χ0v) is 16.7. The van der Waals surface area contributed by atoms with Crippen molar-refractivity contribution in [1.82, 2.24) is 0 Å². The van der Waals surface area contributed by atoms with Crippen LogP contribution in [0.5, 0.6) is 0 Å². The number of carbonyl (C=O) groups excluding carboxylic acids is 1. The Balaban J connectivity index is 0. The Morgan fingerprint density at radius 2 is 1.70 bits per heavy atom. The number of unbranched alkanes of at least 4 members (excludes halogenated alkanes) is 4.